The lowest BCUT2D eigenvalue weighted by molar-refractivity contribution is -0.132. The Morgan fingerprint density at radius 2 is 1.72 bits per heavy atom. The van der Waals surface area contributed by atoms with E-state index in [9.17, 15) is 9.59 Å². The monoisotopic (exact) mass is 384 g/mol. The van der Waals surface area contributed by atoms with Crippen LogP contribution in [0.1, 0.15) is 58.8 Å². The number of Topliss-reactive ketones (excluding diaryl/α,β-unsaturated/α-hetero) is 2. The molecule has 0 N–H and O–H groups in total. The Labute approximate surface area is 160 Å². The van der Waals surface area contributed by atoms with E-state index in [1.54, 1.807) is 11.8 Å². The molecule has 1 aromatic carbocycles. The molecule has 0 heterocycles. The molecule has 3 nitrogen and oxygen atoms in total. The van der Waals surface area contributed by atoms with E-state index in [1.165, 1.54) is 0 Å². The van der Waals surface area contributed by atoms with Crippen molar-refractivity contribution >= 4 is 34.9 Å². The molecule has 140 valence electrons. The number of ketones is 2. The number of carbonyl (C=O) groups is 2. The number of halogens is 1. The van der Waals surface area contributed by atoms with E-state index in [4.69, 9.17) is 16.3 Å². The van der Waals surface area contributed by atoms with Crippen molar-refractivity contribution in [3.63, 3.8) is 0 Å². The van der Waals surface area contributed by atoms with Crippen molar-refractivity contribution in [2.24, 2.45) is 5.92 Å². The SMILES string of the molecule is CCC(=O)C(CCCCCCOc1ccc(SC)cc1Cl)C(=O)CC. The highest BCUT2D eigenvalue weighted by molar-refractivity contribution is 7.98. The zero-order valence-electron chi connectivity index (χ0n) is 15.5. The Hall–Kier alpha value is -1.00. The first kappa shape index (κ1) is 22.0. The smallest absolute Gasteiger partial charge is 0.143 e. The third-order valence-corrected chi connectivity index (χ3v) is 5.28. The molecule has 0 amide bonds. The summed E-state index contributed by atoms with van der Waals surface area (Å²) in [5, 5.41) is 0.644. The first-order valence-electron chi connectivity index (χ1n) is 9.05. The van der Waals surface area contributed by atoms with Crippen LogP contribution in [0.15, 0.2) is 23.1 Å². The molecule has 0 aliphatic rings. The van der Waals surface area contributed by atoms with Crippen molar-refractivity contribution in [3.05, 3.63) is 23.2 Å². The molecular formula is C20H29ClO3S. The molecule has 0 radical (unpaired) electrons. The van der Waals surface area contributed by atoms with Crippen LogP contribution in [0.5, 0.6) is 5.75 Å². The number of ether oxygens (including phenoxy) is 1. The quantitative estimate of drug-likeness (QED) is 0.239. The third-order valence-electron chi connectivity index (χ3n) is 4.26. The minimum absolute atomic E-state index is 0.0820. The summed E-state index contributed by atoms with van der Waals surface area (Å²) in [5.74, 6) is 0.499. The molecule has 0 spiro atoms. The van der Waals surface area contributed by atoms with Crippen molar-refractivity contribution in [2.75, 3.05) is 12.9 Å². The molecule has 1 aromatic rings. The summed E-state index contributed by atoms with van der Waals surface area (Å²) in [6, 6.07) is 5.82. The topological polar surface area (TPSA) is 43.4 Å². The Balaban J connectivity index is 2.23. The van der Waals surface area contributed by atoms with Gasteiger partial charge in [-0.25, -0.2) is 0 Å². The largest absolute Gasteiger partial charge is 0.492 e. The van der Waals surface area contributed by atoms with Crippen molar-refractivity contribution in [3.8, 4) is 5.75 Å². The molecule has 0 bridgehead atoms. The van der Waals surface area contributed by atoms with Gasteiger partial charge in [0.1, 0.15) is 17.3 Å². The molecule has 0 fully saturated rings. The van der Waals surface area contributed by atoms with Crippen LogP contribution >= 0.6 is 23.4 Å². The Morgan fingerprint density at radius 3 is 2.28 bits per heavy atom. The van der Waals surface area contributed by atoms with Crippen LogP contribution in [-0.2, 0) is 9.59 Å². The van der Waals surface area contributed by atoms with Gasteiger partial charge in [-0.3, -0.25) is 9.59 Å². The molecule has 0 saturated heterocycles. The molecule has 25 heavy (non-hydrogen) atoms. The fourth-order valence-electron chi connectivity index (χ4n) is 2.71. The lowest BCUT2D eigenvalue weighted by atomic mass is 9.90. The van der Waals surface area contributed by atoms with Crippen molar-refractivity contribution in [1.29, 1.82) is 0 Å². The fourth-order valence-corrected chi connectivity index (χ4v) is 3.45. The predicted molar refractivity (Wildman–Crippen MR) is 106 cm³/mol. The lowest BCUT2D eigenvalue weighted by Gasteiger charge is -2.13. The molecule has 5 heteroatoms. The maximum Gasteiger partial charge on any atom is 0.143 e. The van der Waals surface area contributed by atoms with Crippen LogP contribution in [0.3, 0.4) is 0 Å². The summed E-state index contributed by atoms with van der Waals surface area (Å²) in [4.78, 5) is 24.8. The second kappa shape index (κ2) is 12.4. The zero-order chi connectivity index (χ0) is 18.7. The summed E-state index contributed by atoms with van der Waals surface area (Å²) in [6.45, 7) is 4.28. The highest BCUT2D eigenvalue weighted by atomic mass is 35.5. The van der Waals surface area contributed by atoms with Gasteiger partial charge in [-0.05, 0) is 37.3 Å². The number of hydrogen-bond acceptors (Lipinski definition) is 4. The Morgan fingerprint density at radius 1 is 1.08 bits per heavy atom. The van der Waals surface area contributed by atoms with Gasteiger partial charge in [-0.15, -0.1) is 11.8 Å². The molecule has 0 aliphatic carbocycles. The van der Waals surface area contributed by atoms with E-state index in [2.05, 4.69) is 0 Å². The number of unbranched alkanes of at least 4 members (excludes halogenated alkanes) is 3. The molecule has 1 rings (SSSR count). The number of carbonyl (C=O) groups excluding carboxylic acids is 2. The second-order valence-electron chi connectivity index (χ2n) is 6.04. The van der Waals surface area contributed by atoms with Gasteiger partial charge < -0.3 is 4.74 Å². The Kier molecular flexibility index (Phi) is 10.9. The maximum atomic E-state index is 11.9. The second-order valence-corrected chi connectivity index (χ2v) is 7.33. The standard InChI is InChI=1S/C20H29ClO3S/c1-4-18(22)16(19(23)5-2)10-8-6-7-9-13-24-20-12-11-15(25-3)14-17(20)21/h11-12,14,16H,4-10,13H2,1-3H3. The van der Waals surface area contributed by atoms with Crippen LogP contribution in [0.25, 0.3) is 0 Å². The number of rotatable bonds is 13. The van der Waals surface area contributed by atoms with E-state index in [0.29, 0.717) is 30.9 Å². The Bertz CT molecular complexity index is 544. The van der Waals surface area contributed by atoms with Crippen LogP contribution in [-0.4, -0.2) is 24.4 Å². The number of benzene rings is 1. The molecule has 0 aromatic heterocycles. The highest BCUT2D eigenvalue weighted by Gasteiger charge is 2.22. The van der Waals surface area contributed by atoms with E-state index in [1.807, 2.05) is 38.3 Å². The van der Waals surface area contributed by atoms with Crippen molar-refractivity contribution in [1.82, 2.24) is 0 Å². The fraction of sp³-hybridized carbons (Fsp3) is 0.600. The van der Waals surface area contributed by atoms with Gasteiger partial charge in [-0.2, -0.15) is 0 Å². The van der Waals surface area contributed by atoms with Gasteiger partial charge in [0.05, 0.1) is 17.5 Å². The third kappa shape index (κ3) is 7.83. The first-order chi connectivity index (χ1) is 12.0. The lowest BCUT2D eigenvalue weighted by Crippen LogP contribution is -2.22. The van der Waals surface area contributed by atoms with Crippen LogP contribution in [0, 0.1) is 5.92 Å². The number of hydrogen-bond donors (Lipinski definition) is 0. The molecule has 0 unspecified atom stereocenters. The zero-order valence-corrected chi connectivity index (χ0v) is 17.0. The van der Waals surface area contributed by atoms with Crippen molar-refractivity contribution in [2.45, 2.75) is 63.7 Å². The summed E-state index contributed by atoms with van der Waals surface area (Å²) < 4.78 is 5.73. The average molecular weight is 385 g/mol. The van der Waals surface area contributed by atoms with Gasteiger partial charge in [-0.1, -0.05) is 44.7 Å². The van der Waals surface area contributed by atoms with Gasteiger partial charge in [0, 0.05) is 17.7 Å². The molecule has 0 aliphatic heterocycles. The van der Waals surface area contributed by atoms with Crippen LogP contribution < -0.4 is 4.74 Å². The predicted octanol–water partition coefficient (Wildman–Crippen LogP) is 5.97. The summed E-state index contributed by atoms with van der Waals surface area (Å²) in [5.41, 5.74) is 0. The number of thioether (sulfide) groups is 1. The minimum Gasteiger partial charge on any atom is -0.492 e. The maximum absolute atomic E-state index is 11.9. The first-order valence-corrected chi connectivity index (χ1v) is 10.7. The summed E-state index contributed by atoms with van der Waals surface area (Å²) >= 11 is 7.84. The summed E-state index contributed by atoms with van der Waals surface area (Å²) in [7, 11) is 0. The highest BCUT2D eigenvalue weighted by Crippen LogP contribution is 2.29. The summed E-state index contributed by atoms with van der Waals surface area (Å²) in [6.07, 6.45) is 7.46. The van der Waals surface area contributed by atoms with Crippen LogP contribution in [0.4, 0.5) is 0 Å². The normalized spacial score (nSPS) is 10.9. The molecule has 0 atom stereocenters. The van der Waals surface area contributed by atoms with E-state index in [-0.39, 0.29) is 17.5 Å². The van der Waals surface area contributed by atoms with E-state index in [0.717, 1.165) is 36.3 Å². The van der Waals surface area contributed by atoms with E-state index < -0.39 is 0 Å². The molecule has 0 saturated carbocycles. The minimum atomic E-state index is -0.389. The van der Waals surface area contributed by atoms with E-state index >= 15 is 0 Å². The van der Waals surface area contributed by atoms with Gasteiger partial charge >= 0.3 is 0 Å². The van der Waals surface area contributed by atoms with Gasteiger partial charge in [0.15, 0.2) is 0 Å². The molecular weight excluding hydrogens is 356 g/mol. The van der Waals surface area contributed by atoms with Crippen LogP contribution in [0.2, 0.25) is 5.02 Å². The van der Waals surface area contributed by atoms with Crippen molar-refractivity contribution < 1.29 is 14.3 Å². The van der Waals surface area contributed by atoms with Gasteiger partial charge in [0.2, 0.25) is 0 Å². The average Bonchev–Trinajstić information content (AvgIpc) is 2.63. The van der Waals surface area contributed by atoms with Gasteiger partial charge in [0.25, 0.3) is 0 Å².